The summed E-state index contributed by atoms with van der Waals surface area (Å²) in [7, 11) is 4.43. The summed E-state index contributed by atoms with van der Waals surface area (Å²) in [5.41, 5.74) is 1.28. The Bertz CT molecular complexity index is 427. The molecule has 2 fully saturated rings. The fourth-order valence-corrected chi connectivity index (χ4v) is 3.05. The molecule has 0 spiro atoms. The van der Waals surface area contributed by atoms with Crippen LogP contribution >= 0.6 is 0 Å². The van der Waals surface area contributed by atoms with E-state index >= 15 is 0 Å². The van der Waals surface area contributed by atoms with Gasteiger partial charge in [-0.05, 0) is 52.4 Å². The minimum atomic E-state index is 0.714. The zero-order valence-electron chi connectivity index (χ0n) is 12.8. The van der Waals surface area contributed by atoms with Crippen LogP contribution in [0.1, 0.15) is 37.0 Å². The van der Waals surface area contributed by atoms with Crippen LogP contribution in [0.3, 0.4) is 0 Å². The van der Waals surface area contributed by atoms with Crippen molar-refractivity contribution in [2.75, 3.05) is 27.2 Å². The van der Waals surface area contributed by atoms with Crippen molar-refractivity contribution >= 4 is 0 Å². The SMILES string of the molecule is CN(Cc1cc(CNC2CC2)co1)CC1CCCN1C. The maximum absolute atomic E-state index is 5.68. The molecule has 1 saturated carbocycles. The standard InChI is InChI=1S/C16H27N3O/c1-18(10-15-4-3-7-19(15)2)11-16-8-13(12-20-16)9-17-14-5-6-14/h8,12,14-15,17H,3-7,9-11H2,1-2H3. The van der Waals surface area contributed by atoms with Crippen molar-refractivity contribution in [2.24, 2.45) is 0 Å². The molecule has 4 heteroatoms. The molecule has 20 heavy (non-hydrogen) atoms. The number of hydrogen-bond acceptors (Lipinski definition) is 4. The fourth-order valence-electron chi connectivity index (χ4n) is 3.05. The first-order chi connectivity index (χ1) is 9.70. The Morgan fingerprint density at radius 2 is 2.25 bits per heavy atom. The van der Waals surface area contributed by atoms with Crippen LogP contribution in [0.2, 0.25) is 0 Å². The van der Waals surface area contributed by atoms with Gasteiger partial charge < -0.3 is 14.6 Å². The van der Waals surface area contributed by atoms with Gasteiger partial charge in [0.25, 0.3) is 0 Å². The van der Waals surface area contributed by atoms with Crippen LogP contribution < -0.4 is 5.32 Å². The van der Waals surface area contributed by atoms with Gasteiger partial charge in [-0.2, -0.15) is 0 Å². The van der Waals surface area contributed by atoms with E-state index in [0.717, 1.165) is 31.4 Å². The molecule has 1 aromatic rings. The van der Waals surface area contributed by atoms with Gasteiger partial charge in [-0.25, -0.2) is 0 Å². The van der Waals surface area contributed by atoms with E-state index in [-0.39, 0.29) is 0 Å². The molecule has 2 aliphatic rings. The Hall–Kier alpha value is -0.840. The molecule has 1 aliphatic carbocycles. The molecule has 3 rings (SSSR count). The molecule has 0 amide bonds. The highest BCUT2D eigenvalue weighted by Gasteiger charge is 2.22. The fraction of sp³-hybridized carbons (Fsp3) is 0.750. The first-order valence-electron chi connectivity index (χ1n) is 7.89. The lowest BCUT2D eigenvalue weighted by Gasteiger charge is -2.25. The average molecular weight is 277 g/mol. The average Bonchev–Trinajstić information content (AvgIpc) is 3.02. The van der Waals surface area contributed by atoms with Crippen molar-refractivity contribution in [1.82, 2.24) is 15.1 Å². The highest BCUT2D eigenvalue weighted by molar-refractivity contribution is 5.13. The largest absolute Gasteiger partial charge is 0.468 e. The van der Waals surface area contributed by atoms with Crippen molar-refractivity contribution in [3.8, 4) is 0 Å². The van der Waals surface area contributed by atoms with Gasteiger partial charge in [0, 0.05) is 30.7 Å². The van der Waals surface area contributed by atoms with E-state index in [0.29, 0.717) is 6.04 Å². The van der Waals surface area contributed by atoms with Crippen LogP contribution in [0.15, 0.2) is 16.7 Å². The minimum Gasteiger partial charge on any atom is -0.468 e. The molecular formula is C16H27N3O. The lowest BCUT2D eigenvalue weighted by Crippen LogP contribution is -2.36. The maximum Gasteiger partial charge on any atom is 0.118 e. The smallest absolute Gasteiger partial charge is 0.118 e. The molecule has 0 bridgehead atoms. The highest BCUT2D eigenvalue weighted by atomic mass is 16.3. The molecule has 112 valence electrons. The molecule has 1 N–H and O–H groups in total. The lowest BCUT2D eigenvalue weighted by molar-refractivity contribution is 0.206. The maximum atomic E-state index is 5.68. The molecule has 0 aromatic carbocycles. The predicted octanol–water partition coefficient (Wildman–Crippen LogP) is 2.06. The molecule has 1 saturated heterocycles. The number of rotatable bonds is 7. The van der Waals surface area contributed by atoms with Crippen molar-refractivity contribution in [3.05, 3.63) is 23.7 Å². The summed E-state index contributed by atoms with van der Waals surface area (Å²) in [6.45, 7) is 4.24. The third-order valence-electron chi connectivity index (χ3n) is 4.50. The van der Waals surface area contributed by atoms with E-state index in [1.165, 1.54) is 37.8 Å². The zero-order valence-corrected chi connectivity index (χ0v) is 12.8. The highest BCUT2D eigenvalue weighted by Crippen LogP contribution is 2.20. The summed E-state index contributed by atoms with van der Waals surface area (Å²) >= 11 is 0. The molecule has 2 heterocycles. The topological polar surface area (TPSA) is 31.6 Å². The third kappa shape index (κ3) is 3.84. The van der Waals surface area contributed by atoms with Gasteiger partial charge in [0.15, 0.2) is 0 Å². The molecule has 1 atom stereocenters. The number of furan rings is 1. The second-order valence-electron chi connectivity index (χ2n) is 6.55. The van der Waals surface area contributed by atoms with Crippen molar-refractivity contribution in [1.29, 1.82) is 0 Å². The summed E-state index contributed by atoms with van der Waals surface area (Å²) in [6, 6.07) is 3.67. The summed E-state index contributed by atoms with van der Waals surface area (Å²) in [5.74, 6) is 1.08. The summed E-state index contributed by atoms with van der Waals surface area (Å²) in [5, 5.41) is 3.52. The van der Waals surface area contributed by atoms with E-state index in [2.05, 4.69) is 35.3 Å². The van der Waals surface area contributed by atoms with E-state index in [4.69, 9.17) is 4.42 Å². The predicted molar refractivity (Wildman–Crippen MR) is 80.6 cm³/mol. The normalized spacial score (nSPS) is 23.9. The van der Waals surface area contributed by atoms with Crippen LogP contribution in [-0.4, -0.2) is 49.1 Å². The van der Waals surface area contributed by atoms with Crippen LogP contribution in [0.4, 0.5) is 0 Å². The number of likely N-dealkylation sites (tertiary alicyclic amines) is 1. The first-order valence-corrected chi connectivity index (χ1v) is 7.89. The van der Waals surface area contributed by atoms with Crippen LogP contribution in [0.25, 0.3) is 0 Å². The Morgan fingerprint density at radius 1 is 1.40 bits per heavy atom. The van der Waals surface area contributed by atoms with Crippen LogP contribution in [-0.2, 0) is 13.1 Å². The van der Waals surface area contributed by atoms with Crippen molar-refractivity contribution in [2.45, 2.75) is 50.9 Å². The van der Waals surface area contributed by atoms with Gasteiger partial charge in [0.1, 0.15) is 5.76 Å². The molecule has 1 aromatic heterocycles. The second-order valence-corrected chi connectivity index (χ2v) is 6.55. The van der Waals surface area contributed by atoms with Crippen molar-refractivity contribution in [3.63, 3.8) is 0 Å². The van der Waals surface area contributed by atoms with Gasteiger partial charge in [0.05, 0.1) is 12.8 Å². The van der Waals surface area contributed by atoms with E-state index in [1.807, 2.05) is 6.26 Å². The number of nitrogens with zero attached hydrogens (tertiary/aromatic N) is 2. The molecule has 4 nitrogen and oxygen atoms in total. The van der Waals surface area contributed by atoms with Gasteiger partial charge in [-0.1, -0.05) is 0 Å². The van der Waals surface area contributed by atoms with Gasteiger partial charge in [-0.15, -0.1) is 0 Å². The minimum absolute atomic E-state index is 0.714. The monoisotopic (exact) mass is 277 g/mol. The lowest BCUT2D eigenvalue weighted by atomic mass is 10.2. The number of nitrogens with one attached hydrogen (secondary N) is 1. The second kappa shape index (κ2) is 6.29. The number of hydrogen-bond donors (Lipinski definition) is 1. The summed E-state index contributed by atoms with van der Waals surface area (Å²) in [4.78, 5) is 4.85. The third-order valence-corrected chi connectivity index (χ3v) is 4.50. The quantitative estimate of drug-likeness (QED) is 0.827. The summed E-state index contributed by atoms with van der Waals surface area (Å²) < 4.78 is 5.68. The molecule has 1 aliphatic heterocycles. The molecule has 0 radical (unpaired) electrons. The van der Waals surface area contributed by atoms with Crippen LogP contribution in [0.5, 0.6) is 0 Å². The van der Waals surface area contributed by atoms with Gasteiger partial charge >= 0.3 is 0 Å². The Balaban J connectivity index is 1.44. The van der Waals surface area contributed by atoms with Crippen LogP contribution in [0, 0.1) is 0 Å². The number of likely N-dealkylation sites (N-methyl/N-ethyl adjacent to an activating group) is 2. The summed E-state index contributed by atoms with van der Waals surface area (Å²) in [6.07, 6.45) is 7.24. The van der Waals surface area contributed by atoms with Gasteiger partial charge in [-0.3, -0.25) is 4.90 Å². The van der Waals surface area contributed by atoms with Crippen molar-refractivity contribution < 1.29 is 4.42 Å². The Labute approximate surface area is 122 Å². The Morgan fingerprint density at radius 3 is 2.95 bits per heavy atom. The van der Waals surface area contributed by atoms with E-state index < -0.39 is 0 Å². The van der Waals surface area contributed by atoms with E-state index in [9.17, 15) is 0 Å². The molecule has 1 unspecified atom stereocenters. The first kappa shape index (κ1) is 14.1. The van der Waals surface area contributed by atoms with E-state index in [1.54, 1.807) is 0 Å². The molecular weight excluding hydrogens is 250 g/mol. The van der Waals surface area contributed by atoms with Gasteiger partial charge in [0.2, 0.25) is 0 Å². The Kier molecular flexibility index (Phi) is 4.44. The zero-order chi connectivity index (χ0) is 13.9.